The van der Waals surface area contributed by atoms with E-state index >= 15 is 0 Å². The molecule has 0 aliphatic carbocycles. The van der Waals surface area contributed by atoms with Crippen LogP contribution in [0, 0.1) is 5.41 Å². The molecule has 6 nitrogen and oxygen atoms in total. The van der Waals surface area contributed by atoms with Gasteiger partial charge in [-0.3, -0.25) is 15.0 Å². The lowest BCUT2D eigenvalue weighted by Crippen LogP contribution is -2.39. The maximum atomic E-state index is 11.9. The zero-order chi connectivity index (χ0) is 12.9. The molecule has 0 bridgehead atoms. The summed E-state index contributed by atoms with van der Waals surface area (Å²) in [4.78, 5) is 23.1. The van der Waals surface area contributed by atoms with E-state index in [-0.39, 0.29) is 18.2 Å². The Morgan fingerprint density at radius 2 is 2.24 bits per heavy atom. The van der Waals surface area contributed by atoms with Gasteiger partial charge in [0, 0.05) is 6.42 Å². The van der Waals surface area contributed by atoms with E-state index in [1.807, 2.05) is 6.92 Å². The van der Waals surface area contributed by atoms with Crippen molar-refractivity contribution in [1.29, 1.82) is 0 Å². The van der Waals surface area contributed by atoms with Crippen molar-refractivity contribution in [3.05, 3.63) is 0 Å². The number of amides is 2. The van der Waals surface area contributed by atoms with Crippen LogP contribution in [0.25, 0.3) is 0 Å². The highest BCUT2D eigenvalue weighted by Gasteiger charge is 2.44. The second-order valence-corrected chi connectivity index (χ2v) is 4.39. The first-order chi connectivity index (χ1) is 8.06. The quantitative estimate of drug-likeness (QED) is 0.357. The fourth-order valence-electron chi connectivity index (χ4n) is 2.10. The third kappa shape index (κ3) is 2.82. The minimum Gasteiger partial charge on any atom is -0.294 e. The van der Waals surface area contributed by atoms with E-state index < -0.39 is 5.41 Å². The van der Waals surface area contributed by atoms with Crippen molar-refractivity contribution in [1.82, 2.24) is 10.9 Å². The van der Waals surface area contributed by atoms with Gasteiger partial charge >= 0.3 is 0 Å². The maximum absolute atomic E-state index is 11.9. The van der Waals surface area contributed by atoms with Gasteiger partial charge in [0.25, 0.3) is 5.91 Å². The fraction of sp³-hybridized carbons (Fsp3) is 0.727. The number of unbranched alkanes of at least 4 members (excludes halogenated alkanes) is 1. The summed E-state index contributed by atoms with van der Waals surface area (Å²) in [5.41, 5.74) is 4.72. The molecule has 0 unspecified atom stereocenters. The molecule has 0 spiro atoms. The maximum Gasteiger partial charge on any atom is 0.252 e. The summed E-state index contributed by atoms with van der Waals surface area (Å²) in [6, 6.07) is 0. The molecule has 2 amide bonds. The van der Waals surface area contributed by atoms with Crippen LogP contribution in [0.15, 0.2) is 5.10 Å². The number of nitrogens with zero attached hydrogens (tertiary/aromatic N) is 1. The molecular weight excluding hydrogens is 220 g/mol. The summed E-state index contributed by atoms with van der Waals surface area (Å²) in [6.07, 6.45) is 3.36. The number of carbonyl (C=O) groups excluding carboxylic acids is 2. The lowest BCUT2D eigenvalue weighted by atomic mass is 9.75. The van der Waals surface area contributed by atoms with Crippen molar-refractivity contribution in [3.8, 4) is 0 Å². The number of carbonyl (C=O) groups is 2. The Morgan fingerprint density at radius 1 is 1.53 bits per heavy atom. The van der Waals surface area contributed by atoms with E-state index in [1.165, 1.54) is 0 Å². The Labute approximate surface area is 101 Å². The van der Waals surface area contributed by atoms with Crippen molar-refractivity contribution >= 4 is 17.5 Å². The van der Waals surface area contributed by atoms with Gasteiger partial charge in [-0.15, -0.1) is 0 Å². The molecule has 96 valence electrons. The molecule has 0 aromatic rings. The van der Waals surface area contributed by atoms with Crippen LogP contribution in [-0.4, -0.2) is 17.5 Å². The molecule has 0 aromatic heterocycles. The van der Waals surface area contributed by atoms with Crippen LogP contribution in [-0.2, 0) is 9.59 Å². The van der Waals surface area contributed by atoms with Gasteiger partial charge in [-0.1, -0.05) is 19.8 Å². The minimum atomic E-state index is -0.622. The lowest BCUT2D eigenvalue weighted by molar-refractivity contribution is -0.127. The zero-order valence-corrected chi connectivity index (χ0v) is 10.4. The summed E-state index contributed by atoms with van der Waals surface area (Å²) in [7, 11) is 0. The van der Waals surface area contributed by atoms with Crippen LogP contribution >= 0.6 is 0 Å². The second kappa shape index (κ2) is 5.77. The minimum absolute atomic E-state index is 0.103. The van der Waals surface area contributed by atoms with E-state index in [0.717, 1.165) is 25.0 Å². The number of nitrogens with one attached hydrogen (secondary N) is 2. The molecule has 4 N–H and O–H groups in total. The van der Waals surface area contributed by atoms with Gasteiger partial charge in [0.2, 0.25) is 5.91 Å². The largest absolute Gasteiger partial charge is 0.294 e. The summed E-state index contributed by atoms with van der Waals surface area (Å²) in [6.45, 7) is 3.90. The van der Waals surface area contributed by atoms with Crippen LogP contribution in [0.5, 0.6) is 0 Å². The van der Waals surface area contributed by atoms with Gasteiger partial charge in [0.1, 0.15) is 0 Å². The third-order valence-corrected chi connectivity index (χ3v) is 3.35. The van der Waals surface area contributed by atoms with Crippen LogP contribution in [0.4, 0.5) is 0 Å². The highest BCUT2D eigenvalue weighted by Crippen LogP contribution is 2.35. The molecule has 1 heterocycles. The molecule has 0 radical (unpaired) electrons. The Morgan fingerprint density at radius 3 is 2.71 bits per heavy atom. The Hall–Kier alpha value is -1.43. The second-order valence-electron chi connectivity index (χ2n) is 4.39. The van der Waals surface area contributed by atoms with Gasteiger partial charge < -0.3 is 0 Å². The van der Waals surface area contributed by atoms with Gasteiger partial charge in [-0.25, -0.2) is 11.3 Å². The predicted molar refractivity (Wildman–Crippen MR) is 64.8 cm³/mol. The van der Waals surface area contributed by atoms with Crippen LogP contribution < -0.4 is 16.7 Å². The molecule has 0 saturated carbocycles. The van der Waals surface area contributed by atoms with Crippen molar-refractivity contribution in [2.24, 2.45) is 16.4 Å². The Bertz CT molecular complexity index is 340. The Balaban J connectivity index is 2.75. The SMILES string of the molecule is CCCC[C@]1(CCC(=O)NN)C(=O)NN=C1C. The van der Waals surface area contributed by atoms with Crippen LogP contribution in [0.3, 0.4) is 0 Å². The smallest absolute Gasteiger partial charge is 0.252 e. The van der Waals surface area contributed by atoms with Gasteiger partial charge in [-0.2, -0.15) is 5.10 Å². The van der Waals surface area contributed by atoms with E-state index in [9.17, 15) is 9.59 Å². The molecule has 17 heavy (non-hydrogen) atoms. The van der Waals surface area contributed by atoms with Crippen LogP contribution in [0.1, 0.15) is 46.0 Å². The molecule has 1 aliphatic heterocycles. The van der Waals surface area contributed by atoms with E-state index in [1.54, 1.807) is 0 Å². The highest BCUT2D eigenvalue weighted by atomic mass is 16.2. The average Bonchev–Trinajstić information content (AvgIpc) is 2.61. The van der Waals surface area contributed by atoms with Crippen LogP contribution in [0.2, 0.25) is 0 Å². The van der Waals surface area contributed by atoms with Gasteiger partial charge in [0.15, 0.2) is 0 Å². The van der Waals surface area contributed by atoms with E-state index in [4.69, 9.17) is 5.84 Å². The third-order valence-electron chi connectivity index (χ3n) is 3.35. The van der Waals surface area contributed by atoms with Crippen molar-refractivity contribution in [2.75, 3.05) is 0 Å². The molecule has 0 fully saturated rings. The van der Waals surface area contributed by atoms with Crippen molar-refractivity contribution < 1.29 is 9.59 Å². The summed E-state index contributed by atoms with van der Waals surface area (Å²) in [5, 5.41) is 3.98. The molecule has 0 saturated heterocycles. The van der Waals surface area contributed by atoms with E-state index in [2.05, 4.69) is 22.9 Å². The first kappa shape index (κ1) is 13.6. The molecule has 6 heteroatoms. The summed E-state index contributed by atoms with van der Waals surface area (Å²) in [5.74, 6) is 4.68. The zero-order valence-electron chi connectivity index (χ0n) is 10.4. The number of hydrazone groups is 1. The van der Waals surface area contributed by atoms with E-state index in [0.29, 0.717) is 6.42 Å². The number of rotatable bonds is 6. The summed E-state index contributed by atoms with van der Waals surface area (Å²) >= 11 is 0. The molecule has 1 rings (SSSR count). The van der Waals surface area contributed by atoms with Crippen molar-refractivity contribution in [3.63, 3.8) is 0 Å². The Kier molecular flexibility index (Phi) is 4.62. The van der Waals surface area contributed by atoms with Crippen molar-refractivity contribution in [2.45, 2.75) is 46.0 Å². The van der Waals surface area contributed by atoms with Gasteiger partial charge in [-0.05, 0) is 19.8 Å². The number of hydrazine groups is 1. The number of nitrogens with two attached hydrogens (primary N) is 1. The molecular formula is C11H20N4O2. The lowest BCUT2D eigenvalue weighted by Gasteiger charge is -2.26. The molecule has 1 aliphatic rings. The van der Waals surface area contributed by atoms with Gasteiger partial charge in [0.05, 0.1) is 11.1 Å². The highest BCUT2D eigenvalue weighted by molar-refractivity contribution is 6.11. The first-order valence-corrected chi connectivity index (χ1v) is 5.91. The molecule has 1 atom stereocenters. The molecule has 0 aromatic carbocycles. The average molecular weight is 240 g/mol. The number of hydrogen-bond donors (Lipinski definition) is 3. The predicted octanol–water partition coefficient (Wildman–Crippen LogP) is 0.439. The monoisotopic (exact) mass is 240 g/mol. The summed E-state index contributed by atoms with van der Waals surface area (Å²) < 4.78 is 0. The number of hydrogen-bond acceptors (Lipinski definition) is 4. The first-order valence-electron chi connectivity index (χ1n) is 5.91. The normalized spacial score (nSPS) is 23.2. The standard InChI is InChI=1S/C11H20N4O2/c1-3-4-6-11(7-5-9(16)13-12)8(2)14-15-10(11)17/h3-7,12H2,1-2H3,(H,13,16)(H,15,17)/t11-/m1/s1. The topological polar surface area (TPSA) is 96.6 Å². The fourth-order valence-corrected chi connectivity index (χ4v) is 2.10.